The monoisotopic (exact) mass is 326 g/mol. The van der Waals surface area contributed by atoms with Crippen molar-refractivity contribution < 1.29 is 9.18 Å². The molecule has 3 nitrogen and oxygen atoms in total. The molecule has 22 heavy (non-hydrogen) atoms. The summed E-state index contributed by atoms with van der Waals surface area (Å²) in [5.41, 5.74) is 0.437. The minimum atomic E-state index is -0.417. The summed E-state index contributed by atoms with van der Waals surface area (Å²) in [5, 5.41) is 6.38. The third kappa shape index (κ3) is 4.20. The van der Waals surface area contributed by atoms with Crippen LogP contribution in [-0.2, 0) is 4.79 Å². The molecule has 1 fully saturated rings. The summed E-state index contributed by atoms with van der Waals surface area (Å²) in [6.45, 7) is 6.35. The Morgan fingerprint density at radius 3 is 2.77 bits per heavy atom. The SMILES string of the molecule is CC(NC1CCCC(C)C1C)C(=O)Nc1ccc(F)cc1Cl. The van der Waals surface area contributed by atoms with Gasteiger partial charge in [0, 0.05) is 6.04 Å². The van der Waals surface area contributed by atoms with Gasteiger partial charge >= 0.3 is 0 Å². The highest BCUT2D eigenvalue weighted by atomic mass is 35.5. The van der Waals surface area contributed by atoms with Crippen molar-refractivity contribution >= 4 is 23.2 Å². The molecule has 0 aromatic heterocycles. The lowest BCUT2D eigenvalue weighted by Gasteiger charge is -2.36. The van der Waals surface area contributed by atoms with Crippen LogP contribution in [0.2, 0.25) is 5.02 Å². The second kappa shape index (κ2) is 7.42. The van der Waals surface area contributed by atoms with E-state index in [9.17, 15) is 9.18 Å². The van der Waals surface area contributed by atoms with E-state index in [4.69, 9.17) is 11.6 Å². The highest BCUT2D eigenvalue weighted by Crippen LogP contribution is 2.30. The second-order valence-corrected chi connectivity index (χ2v) is 6.78. The minimum absolute atomic E-state index is 0.154. The van der Waals surface area contributed by atoms with Crippen LogP contribution in [0.25, 0.3) is 0 Å². The van der Waals surface area contributed by atoms with Gasteiger partial charge < -0.3 is 10.6 Å². The summed E-state index contributed by atoms with van der Waals surface area (Å²) in [7, 11) is 0. The Morgan fingerprint density at radius 2 is 2.09 bits per heavy atom. The lowest BCUT2D eigenvalue weighted by Crippen LogP contribution is -2.49. The fourth-order valence-corrected chi connectivity index (χ4v) is 3.26. The largest absolute Gasteiger partial charge is 0.323 e. The Balaban J connectivity index is 1.94. The number of benzene rings is 1. The van der Waals surface area contributed by atoms with Crippen molar-refractivity contribution in [3.05, 3.63) is 29.0 Å². The molecular formula is C17H24ClFN2O. The predicted octanol–water partition coefficient (Wildman–Crippen LogP) is 4.22. The van der Waals surface area contributed by atoms with Crippen LogP contribution in [0.1, 0.15) is 40.0 Å². The summed E-state index contributed by atoms with van der Waals surface area (Å²) in [5.74, 6) is 0.657. The Hall–Kier alpha value is -1.13. The van der Waals surface area contributed by atoms with E-state index in [1.165, 1.54) is 31.0 Å². The molecule has 5 heteroatoms. The third-order valence-corrected chi connectivity index (χ3v) is 5.07. The molecular weight excluding hydrogens is 303 g/mol. The number of carbonyl (C=O) groups excluding carboxylic acids is 1. The number of halogens is 2. The molecule has 122 valence electrons. The molecule has 2 rings (SSSR count). The van der Waals surface area contributed by atoms with Gasteiger partial charge in [0.2, 0.25) is 5.91 Å². The van der Waals surface area contributed by atoms with Gasteiger partial charge in [0.05, 0.1) is 16.8 Å². The molecule has 4 unspecified atom stereocenters. The smallest absolute Gasteiger partial charge is 0.241 e. The fraction of sp³-hybridized carbons (Fsp3) is 0.588. The van der Waals surface area contributed by atoms with E-state index in [2.05, 4.69) is 24.5 Å². The maximum absolute atomic E-state index is 13.0. The highest BCUT2D eigenvalue weighted by molar-refractivity contribution is 6.33. The van der Waals surface area contributed by atoms with Gasteiger partial charge in [-0.25, -0.2) is 4.39 Å². The molecule has 0 radical (unpaired) electrons. The third-order valence-electron chi connectivity index (χ3n) is 4.75. The van der Waals surface area contributed by atoms with Crippen molar-refractivity contribution in [2.45, 2.75) is 52.1 Å². The summed E-state index contributed by atoms with van der Waals surface area (Å²) < 4.78 is 13.0. The van der Waals surface area contributed by atoms with Crippen molar-refractivity contribution in [2.24, 2.45) is 11.8 Å². The normalized spacial score (nSPS) is 26.5. The van der Waals surface area contributed by atoms with Gasteiger partial charge in [0.1, 0.15) is 5.82 Å². The van der Waals surface area contributed by atoms with Crippen LogP contribution in [-0.4, -0.2) is 18.0 Å². The molecule has 1 aliphatic rings. The van der Waals surface area contributed by atoms with Crippen molar-refractivity contribution in [1.29, 1.82) is 0 Å². The first-order chi connectivity index (χ1) is 10.4. The van der Waals surface area contributed by atoms with Crippen molar-refractivity contribution in [1.82, 2.24) is 5.32 Å². The summed E-state index contributed by atoms with van der Waals surface area (Å²) in [4.78, 5) is 12.3. The molecule has 2 N–H and O–H groups in total. The molecule has 4 atom stereocenters. The van der Waals surface area contributed by atoms with Crippen LogP contribution < -0.4 is 10.6 Å². The minimum Gasteiger partial charge on any atom is -0.323 e. The number of hydrogen-bond donors (Lipinski definition) is 2. The lowest BCUT2D eigenvalue weighted by molar-refractivity contribution is -0.118. The van der Waals surface area contributed by atoms with E-state index in [1.54, 1.807) is 0 Å². The molecule has 1 saturated carbocycles. The van der Waals surface area contributed by atoms with Gasteiger partial charge in [-0.1, -0.05) is 38.3 Å². The molecule has 0 aliphatic heterocycles. The Labute approximate surface area is 136 Å². The maximum Gasteiger partial charge on any atom is 0.241 e. The van der Waals surface area contributed by atoms with E-state index in [0.29, 0.717) is 23.6 Å². The Bertz CT molecular complexity index is 537. The molecule has 0 heterocycles. The van der Waals surface area contributed by atoms with Gasteiger partial charge in [0.15, 0.2) is 0 Å². The Morgan fingerprint density at radius 1 is 1.36 bits per heavy atom. The van der Waals surface area contributed by atoms with Crippen molar-refractivity contribution in [3.63, 3.8) is 0 Å². The molecule has 0 spiro atoms. The van der Waals surface area contributed by atoms with Gasteiger partial charge in [0.25, 0.3) is 0 Å². The molecule has 1 aliphatic carbocycles. The number of carbonyl (C=O) groups is 1. The average molecular weight is 327 g/mol. The van der Waals surface area contributed by atoms with Crippen LogP contribution >= 0.6 is 11.6 Å². The summed E-state index contributed by atoms with van der Waals surface area (Å²) in [6.07, 6.45) is 3.55. The summed E-state index contributed by atoms with van der Waals surface area (Å²) in [6, 6.07) is 3.99. The molecule has 1 aromatic carbocycles. The standard InChI is InChI=1S/C17H24ClFN2O/c1-10-5-4-6-15(11(10)2)20-12(3)17(22)21-16-8-7-13(19)9-14(16)18/h7-12,15,20H,4-6H2,1-3H3,(H,21,22). The summed E-state index contributed by atoms with van der Waals surface area (Å²) >= 11 is 5.94. The quantitative estimate of drug-likeness (QED) is 0.869. The van der Waals surface area contributed by atoms with E-state index >= 15 is 0 Å². The molecule has 1 aromatic rings. The van der Waals surface area contributed by atoms with E-state index < -0.39 is 5.82 Å². The molecule has 0 saturated heterocycles. The predicted molar refractivity (Wildman–Crippen MR) is 88.6 cm³/mol. The van der Waals surface area contributed by atoms with Gasteiger partial charge in [-0.05, 0) is 43.4 Å². The highest BCUT2D eigenvalue weighted by Gasteiger charge is 2.29. The van der Waals surface area contributed by atoms with Crippen LogP contribution in [0.15, 0.2) is 18.2 Å². The number of amides is 1. The zero-order valence-corrected chi connectivity index (χ0v) is 14.1. The first-order valence-corrected chi connectivity index (χ1v) is 8.28. The Kier molecular flexibility index (Phi) is 5.81. The average Bonchev–Trinajstić information content (AvgIpc) is 2.46. The van der Waals surface area contributed by atoms with Gasteiger partial charge in [-0.15, -0.1) is 0 Å². The molecule has 0 bridgehead atoms. The van der Waals surface area contributed by atoms with Crippen molar-refractivity contribution in [2.75, 3.05) is 5.32 Å². The fourth-order valence-electron chi connectivity index (χ4n) is 3.05. The first kappa shape index (κ1) is 17.2. The van der Waals surface area contributed by atoms with Crippen molar-refractivity contribution in [3.8, 4) is 0 Å². The van der Waals surface area contributed by atoms with E-state index in [-0.39, 0.29) is 17.0 Å². The number of nitrogens with one attached hydrogen (secondary N) is 2. The van der Waals surface area contributed by atoms with Crippen LogP contribution in [0.3, 0.4) is 0 Å². The number of rotatable bonds is 4. The zero-order chi connectivity index (χ0) is 16.3. The van der Waals surface area contributed by atoms with Gasteiger partial charge in [-0.2, -0.15) is 0 Å². The zero-order valence-electron chi connectivity index (χ0n) is 13.3. The van der Waals surface area contributed by atoms with Crippen LogP contribution in [0, 0.1) is 17.7 Å². The van der Waals surface area contributed by atoms with E-state index in [0.717, 1.165) is 6.42 Å². The topological polar surface area (TPSA) is 41.1 Å². The lowest BCUT2D eigenvalue weighted by atomic mass is 9.78. The number of anilines is 1. The number of hydrogen-bond acceptors (Lipinski definition) is 2. The van der Waals surface area contributed by atoms with Gasteiger partial charge in [-0.3, -0.25) is 4.79 Å². The van der Waals surface area contributed by atoms with Crippen LogP contribution in [0.5, 0.6) is 0 Å². The van der Waals surface area contributed by atoms with Crippen LogP contribution in [0.4, 0.5) is 10.1 Å². The maximum atomic E-state index is 13.0. The molecule has 1 amide bonds. The van der Waals surface area contributed by atoms with E-state index in [1.807, 2.05) is 6.92 Å². The first-order valence-electron chi connectivity index (χ1n) is 7.90. The second-order valence-electron chi connectivity index (χ2n) is 6.38.